The van der Waals surface area contributed by atoms with Gasteiger partial charge in [-0.25, -0.2) is 0 Å². The maximum Gasteiger partial charge on any atom is 0.195 e. The molecule has 8 aromatic carbocycles. The Hall–Kier alpha value is -6.66. The van der Waals surface area contributed by atoms with Crippen LogP contribution in [-0.2, 0) is 5.60 Å². The number of ether oxygens (including phenoxy) is 1. The molecule has 0 amide bonds. The highest BCUT2D eigenvalue weighted by Gasteiger charge is 2.39. The van der Waals surface area contributed by atoms with Crippen molar-refractivity contribution in [3.05, 3.63) is 213 Å². The first-order valence-electron chi connectivity index (χ1n) is 19.0. The van der Waals surface area contributed by atoms with Gasteiger partial charge in [0, 0.05) is 62.4 Å². The molecule has 3 heterocycles. The van der Waals surface area contributed by atoms with Gasteiger partial charge in [-0.1, -0.05) is 121 Å². The number of allylic oxidation sites excluding steroid dienone is 1. The second kappa shape index (κ2) is 13.0. The van der Waals surface area contributed by atoms with Gasteiger partial charge in [0.1, 0.15) is 5.75 Å². The van der Waals surface area contributed by atoms with Gasteiger partial charge in [0.05, 0.1) is 0 Å². The second-order valence-corrected chi connectivity index (χ2v) is 16.9. The summed E-state index contributed by atoms with van der Waals surface area (Å²) >= 11 is 3.29. The number of benzene rings is 8. The Morgan fingerprint density at radius 1 is 0.439 bits per heavy atom. The minimum Gasteiger partial charge on any atom is -0.472 e. The van der Waals surface area contributed by atoms with Crippen molar-refractivity contribution in [2.24, 2.45) is 0 Å². The molecule has 5 heteroatoms. The van der Waals surface area contributed by atoms with Gasteiger partial charge in [0.15, 0.2) is 16.5 Å². The Labute approximate surface area is 336 Å². The van der Waals surface area contributed by atoms with Crippen LogP contribution < -0.4 is 15.6 Å². The summed E-state index contributed by atoms with van der Waals surface area (Å²) in [6.45, 7) is 2.16. The van der Waals surface area contributed by atoms with Crippen LogP contribution in [-0.4, -0.2) is 0 Å². The highest BCUT2D eigenvalue weighted by molar-refractivity contribution is 7.25. The van der Waals surface area contributed by atoms with Crippen molar-refractivity contribution in [3.63, 3.8) is 0 Å². The Kier molecular flexibility index (Phi) is 7.65. The Morgan fingerprint density at radius 2 is 0.895 bits per heavy atom. The lowest BCUT2D eigenvalue weighted by atomic mass is 9.80. The van der Waals surface area contributed by atoms with Crippen molar-refractivity contribution in [1.29, 1.82) is 0 Å². The van der Waals surface area contributed by atoms with E-state index < -0.39 is 5.60 Å². The molecule has 1 aliphatic heterocycles. The minimum absolute atomic E-state index is 0.0635. The highest BCUT2D eigenvalue weighted by atomic mass is 32.1. The molecule has 3 nitrogen and oxygen atoms in total. The number of rotatable bonds is 4. The molecular weight excluding hydrogens is 737 g/mol. The summed E-state index contributed by atoms with van der Waals surface area (Å²) in [5.74, 6) is 0.859. The van der Waals surface area contributed by atoms with Crippen LogP contribution in [0.15, 0.2) is 186 Å². The maximum absolute atomic E-state index is 13.6. The smallest absolute Gasteiger partial charge is 0.195 e. The van der Waals surface area contributed by atoms with Gasteiger partial charge < -0.3 is 4.74 Å². The summed E-state index contributed by atoms with van der Waals surface area (Å²) in [6, 6.07) is 57.9. The fourth-order valence-electron chi connectivity index (χ4n) is 8.47. The molecule has 0 fully saturated rings. The van der Waals surface area contributed by atoms with E-state index in [1.54, 1.807) is 22.7 Å². The normalized spacial score (nSPS) is 13.5. The van der Waals surface area contributed by atoms with Crippen LogP contribution in [0.3, 0.4) is 0 Å². The third-order valence-electron chi connectivity index (χ3n) is 11.4. The Morgan fingerprint density at radius 3 is 1.44 bits per heavy atom. The molecule has 10 aromatic rings. The fraction of sp³-hybridized carbons (Fsp3) is 0.0385. The number of hydrogen-bond donors (Lipinski definition) is 0. The van der Waals surface area contributed by atoms with E-state index in [0.29, 0.717) is 0 Å². The highest BCUT2D eigenvalue weighted by Crippen LogP contribution is 2.48. The zero-order chi connectivity index (χ0) is 38.3. The van der Waals surface area contributed by atoms with E-state index in [-0.39, 0.29) is 10.9 Å². The SMILES string of the molecule is CC1=CC(c2ccc(-c3ccc4sc5ccccc5c(=O)c4c3)cc2)(c2ccc(-c3ccc4sc5ccccc5c(=O)c4c3)cc2)Oc2c1ccc1ccccc21. The fourth-order valence-corrected chi connectivity index (χ4v) is 10.6. The minimum atomic E-state index is -0.934. The first-order valence-corrected chi connectivity index (χ1v) is 20.6. The lowest BCUT2D eigenvalue weighted by molar-refractivity contribution is 0.162. The molecule has 270 valence electrons. The van der Waals surface area contributed by atoms with E-state index in [1.165, 1.54) is 0 Å². The van der Waals surface area contributed by atoms with Gasteiger partial charge in [-0.2, -0.15) is 0 Å². The third kappa shape index (κ3) is 5.38. The molecule has 1 aliphatic rings. The topological polar surface area (TPSA) is 43.4 Å². The quantitative estimate of drug-likeness (QED) is 0.168. The van der Waals surface area contributed by atoms with Crippen molar-refractivity contribution in [1.82, 2.24) is 0 Å². The lowest BCUT2D eigenvalue weighted by Crippen LogP contribution is -2.35. The van der Waals surface area contributed by atoms with Crippen molar-refractivity contribution >= 4 is 79.4 Å². The lowest BCUT2D eigenvalue weighted by Gasteiger charge is -2.38. The molecule has 0 aliphatic carbocycles. The standard InChI is InChI=1S/C52H32O3S2/c1-31-30-52(55-51-39(31)25-18-34-8-2-3-9-40(34)51,37-21-14-32(15-22-37)35-19-26-47-43(28-35)49(53)41-10-4-6-12-45(41)56-47)38-23-16-33(17-24-38)36-20-27-48-44(29-36)50(54)42-11-5-7-13-46(42)57-48/h2-30H,1H3. The summed E-state index contributed by atoms with van der Waals surface area (Å²) in [7, 11) is 0. The largest absolute Gasteiger partial charge is 0.472 e. The average Bonchev–Trinajstić information content (AvgIpc) is 3.26. The summed E-state index contributed by atoms with van der Waals surface area (Å²) < 4.78 is 11.3. The number of fused-ring (bicyclic) bond motifs is 7. The molecule has 0 radical (unpaired) electrons. The molecule has 11 rings (SSSR count). The molecule has 0 spiro atoms. The van der Waals surface area contributed by atoms with E-state index in [0.717, 1.165) is 101 Å². The van der Waals surface area contributed by atoms with Gasteiger partial charge in [-0.15, -0.1) is 22.7 Å². The van der Waals surface area contributed by atoms with E-state index in [1.807, 2.05) is 60.7 Å². The molecule has 0 N–H and O–H groups in total. The first-order chi connectivity index (χ1) is 27.9. The van der Waals surface area contributed by atoms with E-state index in [4.69, 9.17) is 4.74 Å². The van der Waals surface area contributed by atoms with Gasteiger partial charge >= 0.3 is 0 Å². The Balaban J connectivity index is 1.03. The van der Waals surface area contributed by atoms with Gasteiger partial charge in [0.2, 0.25) is 0 Å². The van der Waals surface area contributed by atoms with Gasteiger partial charge in [-0.05, 0) is 94.7 Å². The average molecular weight is 769 g/mol. The molecule has 0 unspecified atom stereocenters. The zero-order valence-electron chi connectivity index (χ0n) is 30.8. The molecule has 0 bridgehead atoms. The van der Waals surface area contributed by atoms with Crippen LogP contribution in [0.25, 0.3) is 78.9 Å². The van der Waals surface area contributed by atoms with E-state index in [9.17, 15) is 9.59 Å². The third-order valence-corrected chi connectivity index (χ3v) is 13.7. The second-order valence-electron chi connectivity index (χ2n) is 14.8. The zero-order valence-corrected chi connectivity index (χ0v) is 32.4. The summed E-state index contributed by atoms with van der Waals surface area (Å²) in [4.78, 5) is 27.1. The molecular formula is C52H32O3S2. The molecule has 0 atom stereocenters. The molecule has 0 saturated carbocycles. The molecule has 57 heavy (non-hydrogen) atoms. The van der Waals surface area contributed by atoms with Gasteiger partial charge in [-0.3, -0.25) is 9.59 Å². The number of hydrogen-bond acceptors (Lipinski definition) is 5. The molecule has 2 aromatic heterocycles. The van der Waals surface area contributed by atoms with E-state index >= 15 is 0 Å². The van der Waals surface area contributed by atoms with Crippen LogP contribution >= 0.6 is 22.7 Å². The van der Waals surface area contributed by atoms with Gasteiger partial charge in [0.25, 0.3) is 0 Å². The summed E-state index contributed by atoms with van der Waals surface area (Å²) in [6.07, 6.45) is 2.24. The van der Waals surface area contributed by atoms with Crippen LogP contribution in [0.1, 0.15) is 23.6 Å². The van der Waals surface area contributed by atoms with E-state index in [2.05, 4.69) is 122 Å². The summed E-state index contributed by atoms with van der Waals surface area (Å²) in [5.41, 5.74) is 7.41. The van der Waals surface area contributed by atoms with Crippen molar-refractivity contribution in [2.45, 2.75) is 12.5 Å². The van der Waals surface area contributed by atoms with Crippen molar-refractivity contribution in [3.8, 4) is 28.0 Å². The summed E-state index contributed by atoms with van der Waals surface area (Å²) in [5, 5.41) is 5.17. The van der Waals surface area contributed by atoms with Crippen LogP contribution in [0.5, 0.6) is 5.75 Å². The Bertz CT molecular complexity index is 3250. The monoisotopic (exact) mass is 768 g/mol. The van der Waals surface area contributed by atoms with Crippen LogP contribution in [0, 0.1) is 0 Å². The van der Waals surface area contributed by atoms with Crippen molar-refractivity contribution in [2.75, 3.05) is 0 Å². The maximum atomic E-state index is 13.6. The molecule has 0 saturated heterocycles. The first kappa shape index (κ1) is 33.7. The van der Waals surface area contributed by atoms with Crippen molar-refractivity contribution < 1.29 is 4.74 Å². The predicted molar refractivity (Wildman–Crippen MR) is 241 cm³/mol. The van der Waals surface area contributed by atoms with Crippen LogP contribution in [0.4, 0.5) is 0 Å². The van der Waals surface area contributed by atoms with Crippen LogP contribution in [0.2, 0.25) is 0 Å². The predicted octanol–water partition coefficient (Wildman–Crippen LogP) is 13.4.